The topological polar surface area (TPSA) is 104 Å². The molecule has 0 spiro atoms. The number of methoxy groups -OCH3 is 2. The second-order valence-corrected chi connectivity index (χ2v) is 10.8. The Morgan fingerprint density at radius 1 is 0.804 bits per heavy atom. The zero-order valence-electron chi connectivity index (χ0n) is 26.4. The molecule has 1 aliphatic carbocycles. The first-order chi connectivity index (χ1) is 22.5. The van der Waals surface area contributed by atoms with E-state index < -0.39 is 12.1 Å². The zero-order chi connectivity index (χ0) is 32.3. The van der Waals surface area contributed by atoms with Crippen LogP contribution in [0.1, 0.15) is 47.6 Å². The number of carbonyl (C=O) groups is 2. The van der Waals surface area contributed by atoms with Crippen LogP contribution in [0.3, 0.4) is 0 Å². The molecule has 5 rings (SSSR count). The van der Waals surface area contributed by atoms with Gasteiger partial charge >= 0.3 is 6.09 Å². The van der Waals surface area contributed by atoms with E-state index in [1.54, 1.807) is 32.4 Å². The Morgan fingerprint density at radius 2 is 1.48 bits per heavy atom. The minimum atomic E-state index is -0.614. The Balaban J connectivity index is 1.29. The second kappa shape index (κ2) is 15.8. The second-order valence-electron chi connectivity index (χ2n) is 10.8. The molecular weight excluding hydrogens is 584 g/mol. The fourth-order valence-corrected chi connectivity index (χ4v) is 5.62. The van der Waals surface area contributed by atoms with Crippen molar-refractivity contribution in [2.24, 2.45) is 0 Å². The summed E-state index contributed by atoms with van der Waals surface area (Å²) in [6.45, 7) is 3.64. The Hall–Kier alpha value is -5.02. The molecule has 4 aromatic carbocycles. The molecule has 4 aromatic rings. The van der Waals surface area contributed by atoms with Crippen molar-refractivity contribution in [3.8, 4) is 28.4 Å². The summed E-state index contributed by atoms with van der Waals surface area (Å²) in [5.74, 6) is 1.39. The minimum absolute atomic E-state index is 0.0652. The largest absolute Gasteiger partial charge is 0.497 e. The lowest BCUT2D eigenvalue weighted by Gasteiger charge is -2.23. The van der Waals surface area contributed by atoms with Gasteiger partial charge in [0.2, 0.25) is 0 Å². The highest BCUT2D eigenvalue weighted by Gasteiger charge is 2.30. The fraction of sp³-hybridized carbons (Fsp3) is 0.297. The van der Waals surface area contributed by atoms with Crippen molar-refractivity contribution in [3.63, 3.8) is 0 Å². The lowest BCUT2D eigenvalue weighted by atomic mass is 9.97. The summed E-state index contributed by atoms with van der Waals surface area (Å²) in [6, 6.07) is 28.4. The van der Waals surface area contributed by atoms with Crippen LogP contribution in [-0.4, -0.2) is 59.2 Å². The molecule has 0 unspecified atom stereocenters. The lowest BCUT2D eigenvalue weighted by molar-refractivity contribution is -0.123. The van der Waals surface area contributed by atoms with Crippen LogP contribution in [0.4, 0.5) is 4.79 Å². The molecule has 0 radical (unpaired) electrons. The molecule has 0 aromatic heterocycles. The van der Waals surface area contributed by atoms with Gasteiger partial charge < -0.3 is 34.3 Å². The van der Waals surface area contributed by atoms with Gasteiger partial charge in [0.25, 0.3) is 5.91 Å². The summed E-state index contributed by atoms with van der Waals surface area (Å²) in [4.78, 5) is 25.6. The number of fused-ring (bicyclic) bond motifs is 3. The Bertz CT molecular complexity index is 1580. The number of hydrogen-bond acceptors (Lipinski definition) is 7. The van der Waals surface area contributed by atoms with Gasteiger partial charge in [-0.05, 0) is 58.5 Å². The summed E-state index contributed by atoms with van der Waals surface area (Å²) >= 11 is 0. The van der Waals surface area contributed by atoms with E-state index in [9.17, 15) is 9.59 Å². The van der Waals surface area contributed by atoms with Gasteiger partial charge in [0.1, 0.15) is 23.9 Å². The number of hydrogen-bond donors (Lipinski definition) is 2. The highest BCUT2D eigenvalue weighted by atomic mass is 16.5. The Kier molecular flexibility index (Phi) is 11.1. The van der Waals surface area contributed by atoms with Crippen LogP contribution in [0.15, 0.2) is 91.0 Å². The third kappa shape index (κ3) is 7.79. The van der Waals surface area contributed by atoms with Gasteiger partial charge in [0, 0.05) is 30.7 Å². The fourth-order valence-electron chi connectivity index (χ4n) is 5.62. The van der Waals surface area contributed by atoms with E-state index in [0.717, 1.165) is 39.8 Å². The van der Waals surface area contributed by atoms with Gasteiger partial charge in [-0.3, -0.25) is 4.79 Å². The maximum atomic E-state index is 13.4. The highest BCUT2D eigenvalue weighted by molar-refractivity contribution is 5.79. The first-order valence-electron chi connectivity index (χ1n) is 15.4. The number of nitrogens with one attached hydrogen (secondary N) is 2. The molecule has 0 saturated heterocycles. The van der Waals surface area contributed by atoms with E-state index in [0.29, 0.717) is 37.0 Å². The monoisotopic (exact) mass is 624 g/mol. The number of carbonyl (C=O) groups excluding carboxylic acids is 2. The van der Waals surface area contributed by atoms with Crippen LogP contribution in [0.2, 0.25) is 0 Å². The van der Waals surface area contributed by atoms with Crippen molar-refractivity contribution in [2.75, 3.05) is 47.2 Å². The third-order valence-electron chi connectivity index (χ3n) is 7.86. The van der Waals surface area contributed by atoms with Gasteiger partial charge in [0.15, 0.2) is 6.61 Å². The molecule has 1 atom stereocenters. The van der Waals surface area contributed by atoms with Crippen molar-refractivity contribution in [3.05, 3.63) is 113 Å². The molecule has 0 fully saturated rings. The predicted octanol–water partition coefficient (Wildman–Crippen LogP) is 6.25. The number of benzene rings is 4. The molecular formula is C37H40N2O7. The van der Waals surface area contributed by atoms with E-state index in [1.807, 2.05) is 55.5 Å². The number of rotatable bonds is 15. The van der Waals surface area contributed by atoms with Crippen LogP contribution in [0, 0.1) is 0 Å². The molecule has 2 amide bonds. The third-order valence-corrected chi connectivity index (χ3v) is 7.86. The zero-order valence-corrected chi connectivity index (χ0v) is 26.4. The van der Waals surface area contributed by atoms with E-state index in [1.165, 1.54) is 0 Å². The smallest absolute Gasteiger partial charge is 0.407 e. The van der Waals surface area contributed by atoms with E-state index >= 15 is 0 Å². The van der Waals surface area contributed by atoms with Crippen molar-refractivity contribution < 1.29 is 33.3 Å². The van der Waals surface area contributed by atoms with Crippen LogP contribution < -0.4 is 24.8 Å². The molecule has 0 heterocycles. The van der Waals surface area contributed by atoms with Crippen molar-refractivity contribution >= 4 is 12.0 Å². The number of amides is 2. The number of alkyl carbamates (subject to hydrolysis) is 1. The molecule has 0 bridgehead atoms. The quantitative estimate of drug-likeness (QED) is 0.151. The maximum absolute atomic E-state index is 13.4. The minimum Gasteiger partial charge on any atom is -0.497 e. The first kappa shape index (κ1) is 32.4. The van der Waals surface area contributed by atoms with E-state index in [2.05, 4.69) is 34.9 Å². The van der Waals surface area contributed by atoms with Gasteiger partial charge in [-0.15, -0.1) is 0 Å². The molecule has 46 heavy (non-hydrogen) atoms. The summed E-state index contributed by atoms with van der Waals surface area (Å²) in [5, 5.41) is 5.82. The molecule has 240 valence electrons. The average molecular weight is 625 g/mol. The standard InChI is InChI=1S/C37H40N2O7/c1-4-20-44-21-19-38-35(40)24-45-26-15-13-25(14-16-26)36(32-18-17-27(42-2)22-34(32)43-3)39-37(41)46-23-33-30-11-7-5-9-28(30)29-10-6-8-12-31(29)33/h5-18,22,33,36H,4,19-21,23-24H2,1-3H3,(H,38,40)(H,39,41)/t36-/m1/s1. The lowest BCUT2D eigenvalue weighted by Crippen LogP contribution is -2.32. The summed E-state index contributed by atoms with van der Waals surface area (Å²) < 4.78 is 28.0. The normalized spacial score (nSPS) is 12.4. The van der Waals surface area contributed by atoms with Crippen LogP contribution in [-0.2, 0) is 14.3 Å². The van der Waals surface area contributed by atoms with Gasteiger partial charge in [-0.25, -0.2) is 4.79 Å². The predicted molar refractivity (Wildman–Crippen MR) is 176 cm³/mol. The molecule has 9 heteroatoms. The van der Waals surface area contributed by atoms with E-state index in [4.69, 9.17) is 23.7 Å². The molecule has 0 saturated carbocycles. The van der Waals surface area contributed by atoms with Gasteiger partial charge in [0.05, 0.1) is 26.9 Å². The van der Waals surface area contributed by atoms with Crippen molar-refractivity contribution in [1.82, 2.24) is 10.6 Å². The first-order valence-corrected chi connectivity index (χ1v) is 15.4. The molecule has 9 nitrogen and oxygen atoms in total. The summed E-state index contributed by atoms with van der Waals surface area (Å²) in [5.41, 5.74) is 6.08. The average Bonchev–Trinajstić information content (AvgIpc) is 3.42. The Labute approximate surface area is 269 Å². The van der Waals surface area contributed by atoms with Crippen molar-refractivity contribution in [1.29, 1.82) is 0 Å². The van der Waals surface area contributed by atoms with Crippen molar-refractivity contribution in [2.45, 2.75) is 25.3 Å². The highest BCUT2D eigenvalue weighted by Crippen LogP contribution is 2.44. The maximum Gasteiger partial charge on any atom is 0.407 e. The summed E-state index contributed by atoms with van der Waals surface area (Å²) in [7, 11) is 3.15. The van der Waals surface area contributed by atoms with Crippen LogP contribution >= 0.6 is 0 Å². The molecule has 2 N–H and O–H groups in total. The Morgan fingerprint density at radius 3 is 2.13 bits per heavy atom. The van der Waals surface area contributed by atoms with Crippen LogP contribution in [0.25, 0.3) is 11.1 Å². The molecule has 1 aliphatic rings. The summed E-state index contributed by atoms with van der Waals surface area (Å²) in [6.07, 6.45) is 0.366. The SMILES string of the molecule is CCCOCCNC(=O)COc1ccc([C@@H](NC(=O)OCC2c3ccccc3-c3ccccc32)c2ccc(OC)cc2OC)cc1. The van der Waals surface area contributed by atoms with E-state index in [-0.39, 0.29) is 25.0 Å². The van der Waals surface area contributed by atoms with Gasteiger partial charge in [-0.2, -0.15) is 0 Å². The number of ether oxygens (including phenoxy) is 5. The van der Waals surface area contributed by atoms with Gasteiger partial charge in [-0.1, -0.05) is 67.6 Å². The molecule has 0 aliphatic heterocycles. The van der Waals surface area contributed by atoms with Crippen LogP contribution in [0.5, 0.6) is 17.2 Å².